The van der Waals surface area contributed by atoms with Crippen molar-refractivity contribution in [2.24, 2.45) is 0 Å². The molecule has 1 aliphatic heterocycles. The summed E-state index contributed by atoms with van der Waals surface area (Å²) in [5.41, 5.74) is -2.24. The Hall–Kier alpha value is -3.49. The van der Waals surface area contributed by atoms with E-state index in [0.29, 0.717) is 0 Å². The summed E-state index contributed by atoms with van der Waals surface area (Å²) in [5, 5.41) is 11.5. The van der Waals surface area contributed by atoms with E-state index in [1.54, 1.807) is 24.8 Å². The van der Waals surface area contributed by atoms with Gasteiger partial charge in [-0.2, -0.15) is 31.6 Å². The van der Waals surface area contributed by atoms with E-state index in [-0.39, 0.29) is 30.5 Å². The lowest BCUT2D eigenvalue weighted by molar-refractivity contribution is -0.141. The van der Waals surface area contributed by atoms with Gasteiger partial charge in [0.1, 0.15) is 5.69 Å². The summed E-state index contributed by atoms with van der Waals surface area (Å²) in [6.45, 7) is 3.81. The van der Waals surface area contributed by atoms with Gasteiger partial charge in [-0.15, -0.1) is 0 Å². The highest BCUT2D eigenvalue weighted by atomic mass is 19.4. The highest BCUT2D eigenvalue weighted by Crippen LogP contribution is 2.35. The summed E-state index contributed by atoms with van der Waals surface area (Å²) < 4.78 is 77.9. The molecule has 12 heteroatoms. The molecule has 0 radical (unpaired) electrons. The Kier molecular flexibility index (Phi) is 6.44. The zero-order chi connectivity index (χ0) is 24.6. The van der Waals surface area contributed by atoms with Crippen molar-refractivity contribution < 1.29 is 31.1 Å². The second-order valence-electron chi connectivity index (χ2n) is 7.70. The summed E-state index contributed by atoms with van der Waals surface area (Å²) in [4.78, 5) is 19.1. The maximum atomic E-state index is 13.3. The van der Waals surface area contributed by atoms with Gasteiger partial charge in [0, 0.05) is 30.9 Å². The number of carbonyl (C=O) groups excluding carboxylic acids is 1. The van der Waals surface area contributed by atoms with Gasteiger partial charge in [-0.25, -0.2) is 9.78 Å². The van der Waals surface area contributed by atoms with E-state index in [9.17, 15) is 31.1 Å². The lowest BCUT2D eigenvalue weighted by atomic mass is 10.0. The first kappa shape index (κ1) is 24.2. The van der Waals surface area contributed by atoms with Crippen LogP contribution in [-0.2, 0) is 12.4 Å². The van der Waals surface area contributed by atoms with Gasteiger partial charge in [-0.1, -0.05) is 0 Å². The number of amides is 2. The topological polar surface area (TPSA) is 72.3 Å². The molecule has 2 amide bonds. The van der Waals surface area contributed by atoms with Crippen molar-refractivity contribution >= 4 is 17.4 Å². The summed E-state index contributed by atoms with van der Waals surface area (Å²) in [7, 11) is 0. The van der Waals surface area contributed by atoms with Crippen LogP contribution in [0.4, 0.5) is 42.5 Å². The van der Waals surface area contributed by atoms with E-state index in [0.717, 1.165) is 30.5 Å². The number of carbonyl (C=O) groups is 1. The molecule has 2 heterocycles. The maximum Gasteiger partial charge on any atom is 0.433 e. The minimum atomic E-state index is -4.69. The zero-order valence-electron chi connectivity index (χ0n) is 17.5. The number of rotatable bonds is 2. The molecule has 176 valence electrons. The van der Waals surface area contributed by atoms with Crippen LogP contribution in [0.2, 0.25) is 0 Å². The van der Waals surface area contributed by atoms with Gasteiger partial charge in [0.25, 0.3) is 0 Å². The maximum absolute atomic E-state index is 13.3. The minimum absolute atomic E-state index is 0.0807. The number of alkyl halides is 6. The zero-order valence-corrected chi connectivity index (χ0v) is 17.5. The smallest absolute Gasteiger partial charge is 0.365 e. The second-order valence-corrected chi connectivity index (χ2v) is 7.70. The third-order valence-electron chi connectivity index (χ3n) is 5.31. The van der Waals surface area contributed by atoms with Gasteiger partial charge in [-0.05, 0) is 44.2 Å². The molecule has 0 spiro atoms. The number of nitriles is 1. The van der Waals surface area contributed by atoms with E-state index < -0.39 is 41.2 Å². The fourth-order valence-electron chi connectivity index (χ4n) is 3.64. The predicted molar refractivity (Wildman–Crippen MR) is 107 cm³/mol. The molecule has 33 heavy (non-hydrogen) atoms. The summed E-state index contributed by atoms with van der Waals surface area (Å²) in [6.07, 6.45) is -8.38. The van der Waals surface area contributed by atoms with E-state index in [4.69, 9.17) is 5.26 Å². The van der Waals surface area contributed by atoms with Crippen molar-refractivity contribution in [3.63, 3.8) is 0 Å². The first-order valence-corrected chi connectivity index (χ1v) is 9.80. The largest absolute Gasteiger partial charge is 0.433 e. The molecule has 2 atom stereocenters. The molecule has 0 aliphatic carbocycles. The quantitative estimate of drug-likeness (QED) is 0.617. The van der Waals surface area contributed by atoms with E-state index in [2.05, 4.69) is 10.3 Å². The van der Waals surface area contributed by atoms with Gasteiger partial charge in [-0.3, -0.25) is 0 Å². The Bertz CT molecular complexity index is 1060. The number of anilines is 2. The molecule has 1 unspecified atom stereocenters. The lowest BCUT2D eigenvalue weighted by Crippen LogP contribution is -2.59. The molecule has 1 aliphatic rings. The van der Waals surface area contributed by atoms with Crippen LogP contribution < -0.4 is 10.2 Å². The van der Waals surface area contributed by atoms with Crippen molar-refractivity contribution in [3.8, 4) is 6.07 Å². The van der Waals surface area contributed by atoms with Gasteiger partial charge in [0.2, 0.25) is 0 Å². The number of pyridine rings is 1. The number of nitrogens with zero attached hydrogens (tertiary/aromatic N) is 4. The molecule has 0 saturated carbocycles. The molecule has 1 aromatic carbocycles. The summed E-state index contributed by atoms with van der Waals surface area (Å²) >= 11 is 0. The Morgan fingerprint density at radius 2 is 1.76 bits per heavy atom. The molecule has 1 saturated heterocycles. The molecule has 6 nitrogen and oxygen atoms in total. The second kappa shape index (κ2) is 8.80. The average molecular weight is 471 g/mol. The van der Waals surface area contributed by atoms with E-state index in [1.165, 1.54) is 11.0 Å². The minimum Gasteiger partial charge on any atom is -0.365 e. The Morgan fingerprint density at radius 1 is 1.06 bits per heavy atom. The number of benzene rings is 1. The predicted octanol–water partition coefficient (Wildman–Crippen LogP) is 5.12. The SMILES string of the molecule is CC1CN(C(=O)Nc2ccc(C(F)(F)F)nc2)[C@@H](C)CN1c1ccc(C#N)c(C(F)(F)F)c1. The normalized spacial score (nSPS) is 19.2. The van der Waals surface area contributed by atoms with E-state index >= 15 is 0 Å². The molecule has 2 aromatic rings. The number of piperazine rings is 1. The standard InChI is InChI=1S/C21H19F6N5O/c1-12-11-32(19(33)30-15-4-6-18(29-9-15)21(25,26)27)13(2)10-31(12)16-5-3-14(8-28)17(7-16)20(22,23)24/h3-7,9,12-13H,10-11H2,1-2H3,(H,30,33)/t12?,13-/m0/s1. The molecular formula is C21H19F6N5O. The van der Waals surface area contributed by atoms with Crippen molar-refractivity contribution in [3.05, 3.63) is 53.3 Å². The van der Waals surface area contributed by atoms with Gasteiger partial charge in [0.15, 0.2) is 0 Å². The Balaban J connectivity index is 1.74. The van der Waals surface area contributed by atoms with Gasteiger partial charge in [0.05, 0.1) is 29.1 Å². The number of urea groups is 1. The monoisotopic (exact) mass is 471 g/mol. The molecule has 1 aromatic heterocycles. The first-order valence-electron chi connectivity index (χ1n) is 9.80. The Morgan fingerprint density at radius 3 is 2.30 bits per heavy atom. The van der Waals surface area contributed by atoms with Crippen LogP contribution in [0.1, 0.15) is 30.7 Å². The van der Waals surface area contributed by atoms with Crippen LogP contribution in [0, 0.1) is 11.3 Å². The molecule has 1 fully saturated rings. The van der Waals surface area contributed by atoms with Crippen molar-refractivity contribution in [1.29, 1.82) is 5.26 Å². The van der Waals surface area contributed by atoms with Crippen LogP contribution in [0.3, 0.4) is 0 Å². The number of halogens is 6. The van der Waals surface area contributed by atoms with Crippen molar-refractivity contribution in [2.45, 2.75) is 38.3 Å². The molecule has 3 rings (SSSR count). The Labute approximate surface area is 185 Å². The molecular weight excluding hydrogens is 452 g/mol. The van der Waals surface area contributed by atoms with Crippen molar-refractivity contribution in [1.82, 2.24) is 9.88 Å². The van der Waals surface area contributed by atoms with Gasteiger partial charge >= 0.3 is 18.4 Å². The van der Waals surface area contributed by atoms with Crippen LogP contribution >= 0.6 is 0 Å². The number of aromatic nitrogens is 1. The number of hydrogen-bond acceptors (Lipinski definition) is 4. The number of hydrogen-bond donors (Lipinski definition) is 1. The summed E-state index contributed by atoms with van der Waals surface area (Å²) in [5.74, 6) is 0. The van der Waals surface area contributed by atoms with E-state index in [1.807, 2.05) is 0 Å². The van der Waals surface area contributed by atoms with Crippen LogP contribution in [0.15, 0.2) is 36.5 Å². The third kappa shape index (κ3) is 5.30. The lowest BCUT2D eigenvalue weighted by Gasteiger charge is -2.45. The van der Waals surface area contributed by atoms with Crippen LogP contribution in [0.5, 0.6) is 0 Å². The fraction of sp³-hybridized carbons (Fsp3) is 0.381. The summed E-state index contributed by atoms with van der Waals surface area (Å²) in [6, 6.07) is 5.50. The highest BCUT2D eigenvalue weighted by molar-refractivity contribution is 5.89. The number of nitrogens with one attached hydrogen (secondary N) is 1. The van der Waals surface area contributed by atoms with Crippen LogP contribution in [-0.4, -0.2) is 41.1 Å². The van der Waals surface area contributed by atoms with Crippen molar-refractivity contribution in [2.75, 3.05) is 23.3 Å². The molecule has 0 bridgehead atoms. The third-order valence-corrected chi connectivity index (χ3v) is 5.31. The fourth-order valence-corrected chi connectivity index (χ4v) is 3.64. The van der Waals surface area contributed by atoms with Crippen LogP contribution in [0.25, 0.3) is 0 Å². The van der Waals surface area contributed by atoms with Gasteiger partial charge < -0.3 is 15.1 Å². The highest BCUT2D eigenvalue weighted by Gasteiger charge is 2.37. The average Bonchev–Trinajstić information content (AvgIpc) is 2.73. The molecule has 1 N–H and O–H groups in total. The first-order chi connectivity index (χ1) is 15.3.